The van der Waals surface area contributed by atoms with Crippen LogP contribution in [-0.4, -0.2) is 12.5 Å². The van der Waals surface area contributed by atoms with Crippen LogP contribution in [0, 0.1) is 5.82 Å². The fourth-order valence-corrected chi connectivity index (χ4v) is 2.73. The quantitative estimate of drug-likeness (QED) is 0.787. The van der Waals surface area contributed by atoms with Crippen LogP contribution in [0.4, 0.5) is 15.8 Å². The van der Waals surface area contributed by atoms with Gasteiger partial charge in [0.2, 0.25) is 0 Å². The van der Waals surface area contributed by atoms with E-state index in [0.29, 0.717) is 18.1 Å². The molecule has 0 amide bonds. The summed E-state index contributed by atoms with van der Waals surface area (Å²) in [6, 6.07) is 26.4. The van der Waals surface area contributed by atoms with Gasteiger partial charge < -0.3 is 0 Å². The van der Waals surface area contributed by atoms with Gasteiger partial charge in [-0.1, -0.05) is 48.5 Å². The van der Waals surface area contributed by atoms with Gasteiger partial charge in [-0.15, -0.1) is 0 Å². The Bertz CT molecular complexity index is 880. The number of para-hydroxylation sites is 2. The van der Waals surface area contributed by atoms with Crippen LogP contribution in [0.2, 0.25) is 0 Å². The highest BCUT2D eigenvalue weighted by Crippen LogP contribution is 2.22. The molecule has 1 N–H and O–H groups in total. The van der Waals surface area contributed by atoms with Crippen LogP contribution in [0.3, 0.4) is 0 Å². The molecule has 0 spiro atoms. The number of benzene rings is 3. The third-order valence-electron chi connectivity index (χ3n) is 3.99. The highest BCUT2D eigenvalue weighted by molar-refractivity contribution is 6.01. The molecule has 0 radical (unpaired) electrons. The summed E-state index contributed by atoms with van der Waals surface area (Å²) in [5, 5.41) is 8.41. The Kier molecular flexibility index (Phi) is 4.04. The minimum absolute atomic E-state index is 0.309. The van der Waals surface area contributed by atoms with Gasteiger partial charge in [0.1, 0.15) is 12.5 Å². The van der Waals surface area contributed by atoms with E-state index in [4.69, 9.17) is 0 Å². The van der Waals surface area contributed by atoms with Crippen LogP contribution in [0.15, 0.2) is 90.0 Å². The van der Waals surface area contributed by atoms with Gasteiger partial charge in [-0.2, -0.15) is 5.10 Å². The first-order valence-corrected chi connectivity index (χ1v) is 8.06. The van der Waals surface area contributed by atoms with Crippen molar-refractivity contribution in [2.45, 2.75) is 0 Å². The lowest BCUT2D eigenvalue weighted by molar-refractivity contribution is 0.618. The van der Waals surface area contributed by atoms with Crippen molar-refractivity contribution < 1.29 is 4.39 Å². The van der Waals surface area contributed by atoms with E-state index in [1.54, 1.807) is 18.2 Å². The summed E-state index contributed by atoms with van der Waals surface area (Å²) >= 11 is 0. The Balaban J connectivity index is 1.76. The first-order chi connectivity index (χ1) is 12.3. The van der Waals surface area contributed by atoms with Crippen LogP contribution in [0.25, 0.3) is 0 Å². The van der Waals surface area contributed by atoms with Crippen molar-refractivity contribution in [1.82, 2.24) is 5.43 Å². The average molecular weight is 332 g/mol. The van der Waals surface area contributed by atoms with Crippen LogP contribution in [0.5, 0.6) is 0 Å². The number of nitrogens with zero attached hydrogens (tertiary/aromatic N) is 3. The molecular formula is C20H17FN4. The van der Waals surface area contributed by atoms with E-state index in [2.05, 4.69) is 10.5 Å². The highest BCUT2D eigenvalue weighted by atomic mass is 19.1. The van der Waals surface area contributed by atoms with Gasteiger partial charge in [0.25, 0.3) is 0 Å². The van der Waals surface area contributed by atoms with Crippen LogP contribution >= 0.6 is 0 Å². The summed E-state index contributed by atoms with van der Waals surface area (Å²) in [6.07, 6.45) is 0. The fraction of sp³-hybridized carbons (Fsp3) is 0.0500. The topological polar surface area (TPSA) is 30.9 Å². The lowest BCUT2D eigenvalue weighted by Gasteiger charge is -2.36. The molecule has 1 heterocycles. The number of amidine groups is 1. The Morgan fingerprint density at radius 2 is 1.36 bits per heavy atom. The highest BCUT2D eigenvalue weighted by Gasteiger charge is 2.22. The third kappa shape index (κ3) is 3.17. The first kappa shape index (κ1) is 15.2. The molecule has 0 bridgehead atoms. The van der Waals surface area contributed by atoms with Gasteiger partial charge in [0.05, 0.1) is 16.9 Å². The number of anilines is 2. The second-order valence-electron chi connectivity index (χ2n) is 5.68. The number of hydrazine groups is 1. The molecule has 5 heteroatoms. The molecule has 0 saturated heterocycles. The summed E-state index contributed by atoms with van der Waals surface area (Å²) in [6.45, 7) is 0.506. The number of nitrogens with one attached hydrogen (secondary N) is 1. The zero-order valence-corrected chi connectivity index (χ0v) is 13.5. The normalized spacial score (nSPS) is 14.0. The van der Waals surface area contributed by atoms with Crippen molar-refractivity contribution in [3.8, 4) is 0 Å². The van der Waals surface area contributed by atoms with Crippen molar-refractivity contribution in [3.05, 3.63) is 96.3 Å². The third-order valence-corrected chi connectivity index (χ3v) is 3.99. The summed E-state index contributed by atoms with van der Waals surface area (Å²) in [4.78, 5) is 0. The van der Waals surface area contributed by atoms with Gasteiger partial charge in [-0.3, -0.25) is 10.4 Å². The van der Waals surface area contributed by atoms with Crippen LogP contribution in [-0.2, 0) is 0 Å². The van der Waals surface area contributed by atoms with E-state index < -0.39 is 0 Å². The summed E-state index contributed by atoms with van der Waals surface area (Å²) in [5.74, 6) is 0.161. The number of hydrazone groups is 1. The second kappa shape index (κ2) is 6.65. The number of halogens is 1. The molecule has 1 aliphatic heterocycles. The second-order valence-corrected chi connectivity index (χ2v) is 5.68. The predicted octanol–water partition coefficient (Wildman–Crippen LogP) is 3.98. The molecule has 0 fully saturated rings. The first-order valence-electron chi connectivity index (χ1n) is 8.06. The van der Waals surface area contributed by atoms with Crippen molar-refractivity contribution in [2.24, 2.45) is 5.10 Å². The maximum Gasteiger partial charge on any atom is 0.175 e. The lowest BCUT2D eigenvalue weighted by Crippen LogP contribution is -2.53. The van der Waals surface area contributed by atoms with Gasteiger partial charge in [-0.25, -0.2) is 9.40 Å². The number of hydrogen-bond donors (Lipinski definition) is 1. The van der Waals surface area contributed by atoms with Gasteiger partial charge in [0.15, 0.2) is 5.84 Å². The maximum atomic E-state index is 14.3. The monoisotopic (exact) mass is 332 g/mol. The molecule has 3 aromatic carbocycles. The Labute approximate surface area is 145 Å². The van der Waals surface area contributed by atoms with E-state index in [-0.39, 0.29) is 5.82 Å². The standard InChI is InChI=1S/C20H17FN4/c21-19-14-8-7-13-18(19)20-22-24(16-9-3-1-4-10-16)15-25(23-20)17-11-5-2-6-12-17/h1-14H,15H2,(H,22,23). The molecule has 4 nitrogen and oxygen atoms in total. The molecule has 4 rings (SSSR count). The van der Waals surface area contributed by atoms with Crippen molar-refractivity contribution in [1.29, 1.82) is 0 Å². The molecule has 0 aromatic heterocycles. The molecule has 3 aromatic rings. The zero-order valence-electron chi connectivity index (χ0n) is 13.5. The molecule has 0 saturated carbocycles. The lowest BCUT2D eigenvalue weighted by atomic mass is 10.2. The molecule has 0 aliphatic carbocycles. The van der Waals surface area contributed by atoms with Crippen LogP contribution in [0.1, 0.15) is 5.56 Å². The Hall–Kier alpha value is -3.34. The Morgan fingerprint density at radius 3 is 2.04 bits per heavy atom. The smallest absolute Gasteiger partial charge is 0.175 e. The molecule has 25 heavy (non-hydrogen) atoms. The largest absolute Gasteiger partial charge is 0.278 e. The zero-order chi connectivity index (χ0) is 17.1. The minimum Gasteiger partial charge on any atom is -0.278 e. The van der Waals surface area contributed by atoms with E-state index in [9.17, 15) is 4.39 Å². The van der Waals surface area contributed by atoms with Gasteiger partial charge >= 0.3 is 0 Å². The van der Waals surface area contributed by atoms with Gasteiger partial charge in [0, 0.05) is 0 Å². The molecule has 124 valence electrons. The summed E-state index contributed by atoms with van der Waals surface area (Å²) < 4.78 is 14.3. The van der Waals surface area contributed by atoms with Crippen molar-refractivity contribution >= 4 is 17.2 Å². The van der Waals surface area contributed by atoms with Crippen LogP contribution < -0.4 is 15.4 Å². The molecule has 0 atom stereocenters. The Morgan fingerprint density at radius 1 is 0.760 bits per heavy atom. The van der Waals surface area contributed by atoms with E-state index in [1.165, 1.54) is 6.07 Å². The van der Waals surface area contributed by atoms with Gasteiger partial charge in [-0.05, 0) is 36.4 Å². The van der Waals surface area contributed by atoms with Crippen molar-refractivity contribution in [3.63, 3.8) is 0 Å². The predicted molar refractivity (Wildman–Crippen MR) is 98.8 cm³/mol. The SMILES string of the molecule is Fc1ccccc1C1=NN(c2ccccc2)CN(c2ccccc2)N1. The number of hydrogen-bond acceptors (Lipinski definition) is 4. The fourth-order valence-electron chi connectivity index (χ4n) is 2.73. The summed E-state index contributed by atoms with van der Waals surface area (Å²) in [5.41, 5.74) is 5.58. The maximum absolute atomic E-state index is 14.3. The summed E-state index contributed by atoms with van der Waals surface area (Å²) in [7, 11) is 0. The molecule has 0 unspecified atom stereocenters. The molecular weight excluding hydrogens is 315 g/mol. The minimum atomic E-state index is -0.309. The van der Waals surface area contributed by atoms with E-state index >= 15 is 0 Å². The van der Waals surface area contributed by atoms with E-state index in [0.717, 1.165) is 11.4 Å². The average Bonchev–Trinajstić information content (AvgIpc) is 2.69. The molecule has 1 aliphatic rings. The van der Waals surface area contributed by atoms with Crippen molar-refractivity contribution in [2.75, 3.05) is 16.7 Å². The number of rotatable bonds is 3. The van der Waals surface area contributed by atoms with E-state index in [1.807, 2.05) is 70.7 Å².